The number of carbonyl (C=O) groups is 1. The van der Waals surface area contributed by atoms with Gasteiger partial charge in [0, 0.05) is 37.9 Å². The summed E-state index contributed by atoms with van der Waals surface area (Å²) in [4.78, 5) is 14.8. The van der Waals surface area contributed by atoms with Crippen molar-refractivity contribution in [3.63, 3.8) is 0 Å². The molecule has 1 aromatic rings. The maximum absolute atomic E-state index is 13.5. The lowest BCUT2D eigenvalue weighted by molar-refractivity contribution is -0.137. The number of nitriles is 1. The van der Waals surface area contributed by atoms with E-state index in [1.165, 1.54) is 22.7 Å². The Morgan fingerprint density at radius 2 is 1.82 bits per heavy atom. The SMILES string of the molecule is CS(=O)(=O)N1CCC([C@@H]2CN(c3ccc(C#N)c(C(F)(F)F)c3)C[C@H]2C(=O)NC2CC2)CC1. The highest BCUT2D eigenvalue weighted by atomic mass is 32.2. The minimum atomic E-state index is -4.65. The Morgan fingerprint density at radius 3 is 2.36 bits per heavy atom. The van der Waals surface area contributed by atoms with Gasteiger partial charge in [-0.2, -0.15) is 18.4 Å². The van der Waals surface area contributed by atoms with E-state index < -0.39 is 27.3 Å². The minimum Gasteiger partial charge on any atom is -0.370 e. The molecule has 3 fully saturated rings. The highest BCUT2D eigenvalue weighted by Crippen LogP contribution is 2.40. The summed E-state index contributed by atoms with van der Waals surface area (Å²) in [6, 6.07) is 5.43. The number of anilines is 1. The first-order valence-corrected chi connectivity index (χ1v) is 12.9. The van der Waals surface area contributed by atoms with Crippen LogP contribution in [0.4, 0.5) is 18.9 Å². The van der Waals surface area contributed by atoms with E-state index in [0.717, 1.165) is 18.9 Å². The molecule has 0 spiro atoms. The number of benzene rings is 1. The molecule has 1 amide bonds. The van der Waals surface area contributed by atoms with Crippen LogP contribution in [0.2, 0.25) is 0 Å². The van der Waals surface area contributed by atoms with Crippen LogP contribution >= 0.6 is 0 Å². The summed E-state index contributed by atoms with van der Waals surface area (Å²) >= 11 is 0. The van der Waals surface area contributed by atoms with Crippen molar-refractivity contribution in [3.05, 3.63) is 29.3 Å². The lowest BCUT2D eigenvalue weighted by Crippen LogP contribution is -2.43. The summed E-state index contributed by atoms with van der Waals surface area (Å²) in [6.07, 6.45) is -0.380. The number of hydrogen-bond donors (Lipinski definition) is 1. The maximum atomic E-state index is 13.5. The Bertz CT molecular complexity index is 1060. The minimum absolute atomic E-state index is 0.0831. The lowest BCUT2D eigenvalue weighted by atomic mass is 9.78. The van der Waals surface area contributed by atoms with E-state index in [0.29, 0.717) is 44.7 Å². The summed E-state index contributed by atoms with van der Waals surface area (Å²) < 4.78 is 65.6. The average molecular weight is 485 g/mol. The van der Waals surface area contributed by atoms with Crippen molar-refractivity contribution >= 4 is 21.6 Å². The topological polar surface area (TPSA) is 93.5 Å². The molecule has 4 rings (SSSR count). The van der Waals surface area contributed by atoms with Crippen LogP contribution < -0.4 is 10.2 Å². The zero-order chi connectivity index (χ0) is 24.0. The van der Waals surface area contributed by atoms with Gasteiger partial charge in [-0.25, -0.2) is 12.7 Å². The van der Waals surface area contributed by atoms with Crippen molar-refractivity contribution < 1.29 is 26.4 Å². The fourth-order valence-electron chi connectivity index (χ4n) is 5.03. The number of alkyl halides is 3. The summed E-state index contributed by atoms with van der Waals surface area (Å²) in [7, 11) is -3.28. The van der Waals surface area contributed by atoms with E-state index in [4.69, 9.17) is 5.26 Å². The molecule has 1 N–H and O–H groups in total. The van der Waals surface area contributed by atoms with Crippen molar-refractivity contribution in [2.24, 2.45) is 17.8 Å². The average Bonchev–Trinajstić information content (AvgIpc) is 3.45. The largest absolute Gasteiger partial charge is 0.417 e. The second-order valence-corrected chi connectivity index (χ2v) is 11.3. The van der Waals surface area contributed by atoms with E-state index in [-0.39, 0.29) is 29.7 Å². The first-order valence-electron chi connectivity index (χ1n) is 11.1. The van der Waals surface area contributed by atoms with Gasteiger partial charge in [0.25, 0.3) is 0 Å². The van der Waals surface area contributed by atoms with E-state index in [1.54, 1.807) is 11.0 Å². The molecular weight excluding hydrogens is 457 g/mol. The number of nitrogens with zero attached hydrogens (tertiary/aromatic N) is 3. The van der Waals surface area contributed by atoms with Crippen LogP contribution in [0.1, 0.15) is 36.8 Å². The van der Waals surface area contributed by atoms with Crippen LogP contribution in [0.25, 0.3) is 0 Å². The highest BCUT2D eigenvalue weighted by molar-refractivity contribution is 7.88. The van der Waals surface area contributed by atoms with Crippen molar-refractivity contribution in [1.29, 1.82) is 5.26 Å². The van der Waals surface area contributed by atoms with Gasteiger partial charge in [-0.05, 0) is 55.7 Å². The fourth-order valence-corrected chi connectivity index (χ4v) is 5.90. The summed E-state index contributed by atoms with van der Waals surface area (Å²) in [5, 5.41) is 12.1. The molecule has 2 saturated heterocycles. The van der Waals surface area contributed by atoms with Crippen molar-refractivity contribution in [3.8, 4) is 6.07 Å². The third-order valence-corrected chi connectivity index (χ3v) is 8.30. The molecule has 180 valence electrons. The number of sulfonamides is 1. The molecule has 2 atom stereocenters. The van der Waals surface area contributed by atoms with Crippen LogP contribution in [0.5, 0.6) is 0 Å². The lowest BCUT2D eigenvalue weighted by Gasteiger charge is -2.35. The second-order valence-electron chi connectivity index (χ2n) is 9.30. The molecule has 0 radical (unpaired) electrons. The highest BCUT2D eigenvalue weighted by Gasteiger charge is 2.44. The third-order valence-electron chi connectivity index (χ3n) is 6.99. The molecule has 0 unspecified atom stereocenters. The van der Waals surface area contributed by atoms with Crippen LogP contribution in [-0.4, -0.2) is 57.1 Å². The van der Waals surface area contributed by atoms with E-state index >= 15 is 0 Å². The Balaban J connectivity index is 1.57. The Morgan fingerprint density at radius 1 is 1.15 bits per heavy atom. The maximum Gasteiger partial charge on any atom is 0.417 e. The first-order chi connectivity index (χ1) is 15.5. The van der Waals surface area contributed by atoms with Gasteiger partial charge in [0.15, 0.2) is 0 Å². The van der Waals surface area contributed by atoms with Crippen molar-refractivity contribution in [2.75, 3.05) is 37.3 Å². The molecule has 7 nitrogen and oxygen atoms in total. The van der Waals surface area contributed by atoms with E-state index in [2.05, 4.69) is 5.32 Å². The molecule has 3 aliphatic rings. The Kier molecular flexibility index (Phi) is 6.35. The quantitative estimate of drug-likeness (QED) is 0.694. The number of rotatable bonds is 5. The molecule has 1 aliphatic carbocycles. The summed E-state index contributed by atoms with van der Waals surface area (Å²) in [5.41, 5.74) is -1.08. The number of piperidine rings is 1. The van der Waals surface area contributed by atoms with Crippen LogP contribution in [0, 0.1) is 29.1 Å². The second kappa shape index (κ2) is 8.80. The van der Waals surface area contributed by atoms with Gasteiger partial charge < -0.3 is 10.2 Å². The van der Waals surface area contributed by atoms with Gasteiger partial charge in [0.05, 0.1) is 29.4 Å². The Labute approximate surface area is 191 Å². The van der Waals surface area contributed by atoms with E-state index in [1.807, 2.05) is 0 Å². The normalized spacial score (nSPS) is 25.1. The summed E-state index contributed by atoms with van der Waals surface area (Å²) in [6.45, 7) is 1.46. The van der Waals surface area contributed by atoms with Gasteiger partial charge in [-0.1, -0.05) is 0 Å². The molecule has 11 heteroatoms. The molecule has 33 heavy (non-hydrogen) atoms. The zero-order valence-corrected chi connectivity index (χ0v) is 19.1. The molecule has 0 bridgehead atoms. The Hall–Kier alpha value is -2.32. The molecule has 2 heterocycles. The van der Waals surface area contributed by atoms with Crippen molar-refractivity contribution in [1.82, 2.24) is 9.62 Å². The number of carbonyl (C=O) groups excluding carboxylic acids is 1. The molecule has 0 aromatic heterocycles. The van der Waals surface area contributed by atoms with Gasteiger partial charge in [-0.3, -0.25) is 4.79 Å². The summed E-state index contributed by atoms with van der Waals surface area (Å²) in [5.74, 6) is -0.454. The molecule has 1 aromatic carbocycles. The molecular formula is C22H27F3N4O3S. The van der Waals surface area contributed by atoms with Crippen LogP contribution in [0.15, 0.2) is 18.2 Å². The predicted octanol–water partition coefficient (Wildman–Crippen LogP) is 2.58. The van der Waals surface area contributed by atoms with Crippen LogP contribution in [-0.2, 0) is 21.0 Å². The zero-order valence-electron chi connectivity index (χ0n) is 18.3. The van der Waals surface area contributed by atoms with Gasteiger partial charge >= 0.3 is 6.18 Å². The van der Waals surface area contributed by atoms with E-state index in [9.17, 15) is 26.4 Å². The van der Waals surface area contributed by atoms with Crippen LogP contribution in [0.3, 0.4) is 0 Å². The van der Waals surface area contributed by atoms with Gasteiger partial charge in [0.2, 0.25) is 15.9 Å². The number of hydrogen-bond acceptors (Lipinski definition) is 5. The molecule has 2 aliphatic heterocycles. The number of amides is 1. The number of nitrogens with one attached hydrogen (secondary N) is 1. The van der Waals surface area contributed by atoms with Gasteiger partial charge in [-0.15, -0.1) is 0 Å². The first kappa shape index (κ1) is 23.8. The molecule has 1 saturated carbocycles. The predicted molar refractivity (Wildman–Crippen MR) is 116 cm³/mol. The number of halogens is 3. The van der Waals surface area contributed by atoms with Gasteiger partial charge in [0.1, 0.15) is 0 Å². The standard InChI is InChI=1S/C22H27F3N4O3S/c1-33(31,32)29-8-6-14(7-9-29)18-12-28(13-19(18)21(30)27-16-3-4-16)17-5-2-15(11-26)20(10-17)22(23,24)25/h2,5,10,14,16,18-19H,3-4,6-9,12-13H2,1H3,(H,27,30)/t18-,19+/m0/s1. The smallest absolute Gasteiger partial charge is 0.370 e. The fraction of sp³-hybridized carbons (Fsp3) is 0.636. The monoisotopic (exact) mass is 484 g/mol. The third kappa shape index (κ3) is 5.27. The van der Waals surface area contributed by atoms with Crippen molar-refractivity contribution in [2.45, 2.75) is 37.9 Å².